The van der Waals surface area contributed by atoms with Gasteiger partial charge in [-0.2, -0.15) is 0 Å². The van der Waals surface area contributed by atoms with Crippen LogP contribution in [0.15, 0.2) is 18.2 Å². The first-order chi connectivity index (χ1) is 13.6. The van der Waals surface area contributed by atoms with Gasteiger partial charge in [0.1, 0.15) is 24.4 Å². The number of methoxy groups -OCH3 is 1. The molecule has 0 N–H and O–H groups in total. The Morgan fingerprint density at radius 3 is 2.24 bits per heavy atom. The van der Waals surface area contributed by atoms with E-state index >= 15 is 0 Å². The lowest BCUT2D eigenvalue weighted by molar-refractivity contribution is -0.384. The molecule has 156 valence electrons. The van der Waals surface area contributed by atoms with Crippen LogP contribution in [0.1, 0.15) is 37.0 Å². The van der Waals surface area contributed by atoms with E-state index < -0.39 is 40.0 Å². The molecule has 1 saturated heterocycles. The Bertz CT molecular complexity index is 847. The molecule has 11 nitrogen and oxygen atoms in total. The third kappa shape index (κ3) is 4.68. The quantitative estimate of drug-likeness (QED) is 0.283. The van der Waals surface area contributed by atoms with E-state index in [1.807, 2.05) is 0 Å². The molecule has 0 unspecified atom stereocenters. The molecule has 1 aromatic rings. The van der Waals surface area contributed by atoms with Gasteiger partial charge in [0.15, 0.2) is 0 Å². The molecule has 1 aliphatic rings. The van der Waals surface area contributed by atoms with Crippen molar-refractivity contribution in [2.24, 2.45) is 0 Å². The largest absolute Gasteiger partial charge is 0.465 e. The van der Waals surface area contributed by atoms with Crippen molar-refractivity contribution < 1.29 is 38.3 Å². The van der Waals surface area contributed by atoms with Crippen LogP contribution in [0.4, 0.5) is 11.4 Å². The maximum atomic E-state index is 12.7. The Morgan fingerprint density at radius 1 is 1.17 bits per heavy atom. The third-order valence-corrected chi connectivity index (χ3v) is 4.45. The van der Waals surface area contributed by atoms with E-state index in [2.05, 4.69) is 4.74 Å². The molecule has 1 amide bonds. The second-order valence-electron chi connectivity index (χ2n) is 6.47. The predicted octanol–water partition coefficient (Wildman–Crippen LogP) is 1.37. The molecule has 1 aromatic carbocycles. The summed E-state index contributed by atoms with van der Waals surface area (Å²) in [4.78, 5) is 59.1. The summed E-state index contributed by atoms with van der Waals surface area (Å²) in [7, 11) is 1.13. The Kier molecular flexibility index (Phi) is 6.52. The maximum absolute atomic E-state index is 12.7. The highest BCUT2D eigenvalue weighted by Crippen LogP contribution is 2.41. The molecule has 0 bridgehead atoms. The number of nitro benzene ring substituents is 1. The van der Waals surface area contributed by atoms with Gasteiger partial charge in [-0.25, -0.2) is 4.79 Å². The average molecular weight is 408 g/mol. The molecule has 11 heteroatoms. The fourth-order valence-corrected chi connectivity index (χ4v) is 3.11. The number of benzene rings is 1. The number of anilines is 1. The van der Waals surface area contributed by atoms with Gasteiger partial charge in [-0.3, -0.25) is 29.4 Å². The first-order valence-electron chi connectivity index (χ1n) is 8.58. The summed E-state index contributed by atoms with van der Waals surface area (Å²) < 4.78 is 14.7. The summed E-state index contributed by atoms with van der Waals surface area (Å²) in [5, 5.41) is 11.6. The Hall–Kier alpha value is -3.50. The van der Waals surface area contributed by atoms with Crippen LogP contribution in [-0.4, -0.2) is 54.6 Å². The molecule has 0 aliphatic carbocycles. The summed E-state index contributed by atoms with van der Waals surface area (Å²) in [6.07, 6.45) is 0.140. The lowest BCUT2D eigenvalue weighted by atomic mass is 9.97. The van der Waals surface area contributed by atoms with Crippen molar-refractivity contribution in [3.05, 3.63) is 33.9 Å². The molecule has 1 aliphatic heterocycles. The predicted molar refractivity (Wildman–Crippen MR) is 97.2 cm³/mol. The van der Waals surface area contributed by atoms with Crippen molar-refractivity contribution in [3.8, 4) is 0 Å². The van der Waals surface area contributed by atoms with E-state index in [0.29, 0.717) is 0 Å². The van der Waals surface area contributed by atoms with E-state index in [1.54, 1.807) is 0 Å². The van der Waals surface area contributed by atoms with Crippen LogP contribution < -0.4 is 4.90 Å². The number of amides is 1. The molecule has 1 fully saturated rings. The molecule has 0 aromatic heterocycles. The van der Waals surface area contributed by atoms with Gasteiger partial charge in [0.25, 0.3) is 5.69 Å². The molecular weight excluding hydrogens is 388 g/mol. The van der Waals surface area contributed by atoms with Gasteiger partial charge in [0.2, 0.25) is 5.91 Å². The van der Waals surface area contributed by atoms with Crippen molar-refractivity contribution in [1.82, 2.24) is 0 Å². The minimum absolute atomic E-state index is 0.00155. The molecular formula is C18H20N2O9. The number of esters is 3. The fraction of sp³-hybridized carbons (Fsp3) is 0.444. The first-order valence-corrected chi connectivity index (χ1v) is 8.58. The van der Waals surface area contributed by atoms with Gasteiger partial charge in [-0.05, 0) is 18.6 Å². The highest BCUT2D eigenvalue weighted by Gasteiger charge is 2.50. The van der Waals surface area contributed by atoms with E-state index in [-0.39, 0.29) is 37.3 Å². The number of nitrogens with zero attached hydrogens (tertiary/aromatic N) is 2. The molecule has 2 rings (SSSR count). The van der Waals surface area contributed by atoms with Crippen LogP contribution >= 0.6 is 0 Å². The number of carbonyl (C=O) groups is 4. The summed E-state index contributed by atoms with van der Waals surface area (Å²) in [6, 6.07) is 3.52. The van der Waals surface area contributed by atoms with E-state index in [9.17, 15) is 29.3 Å². The fourth-order valence-electron chi connectivity index (χ4n) is 3.11. The number of hydrogen-bond donors (Lipinski definition) is 0. The minimum atomic E-state index is -1.31. The van der Waals surface area contributed by atoms with Crippen LogP contribution in [0.25, 0.3) is 0 Å². The number of rotatable bonds is 7. The van der Waals surface area contributed by atoms with Gasteiger partial charge in [-0.1, -0.05) is 0 Å². The average Bonchev–Trinajstić information content (AvgIpc) is 3.00. The summed E-state index contributed by atoms with van der Waals surface area (Å²) >= 11 is 0. The monoisotopic (exact) mass is 408 g/mol. The van der Waals surface area contributed by atoms with Gasteiger partial charge in [0, 0.05) is 26.3 Å². The Morgan fingerprint density at radius 2 is 1.76 bits per heavy atom. The standard InChI is InChI=1S/C18H20N2O9/c1-11(21)28-9-18(10-29-12(2)22)7-6-16(23)19(18)14-5-4-13(17(24)27-3)8-15(14)20(25)26/h4-5,8H,6-7,9-10H2,1-3H3. The van der Waals surface area contributed by atoms with E-state index in [1.165, 1.54) is 26.0 Å². The molecule has 0 atom stereocenters. The molecule has 0 saturated carbocycles. The van der Waals surface area contributed by atoms with E-state index in [0.717, 1.165) is 18.1 Å². The molecule has 0 radical (unpaired) electrons. The smallest absolute Gasteiger partial charge is 0.338 e. The Labute approximate surface area is 165 Å². The zero-order valence-corrected chi connectivity index (χ0v) is 16.1. The second-order valence-corrected chi connectivity index (χ2v) is 6.47. The van der Waals surface area contributed by atoms with Crippen molar-refractivity contribution in [2.45, 2.75) is 32.2 Å². The van der Waals surface area contributed by atoms with Crippen LogP contribution in [0, 0.1) is 10.1 Å². The summed E-state index contributed by atoms with van der Waals surface area (Å²) in [5.41, 5.74) is -2.01. The molecule has 29 heavy (non-hydrogen) atoms. The zero-order valence-electron chi connectivity index (χ0n) is 16.1. The summed E-state index contributed by atoms with van der Waals surface area (Å²) in [5.74, 6) is -2.50. The lowest BCUT2D eigenvalue weighted by Crippen LogP contribution is -2.53. The van der Waals surface area contributed by atoms with E-state index in [4.69, 9.17) is 9.47 Å². The van der Waals surface area contributed by atoms with Crippen LogP contribution in [0.5, 0.6) is 0 Å². The number of nitro groups is 1. The van der Waals surface area contributed by atoms with Gasteiger partial charge in [0.05, 0.1) is 17.6 Å². The van der Waals surface area contributed by atoms with Crippen molar-refractivity contribution in [3.63, 3.8) is 0 Å². The van der Waals surface area contributed by atoms with Gasteiger partial charge < -0.3 is 14.2 Å². The second kappa shape index (κ2) is 8.67. The SMILES string of the molecule is COC(=O)c1ccc(N2C(=O)CCC2(COC(C)=O)COC(C)=O)c([N+](=O)[O-])c1. The maximum Gasteiger partial charge on any atom is 0.338 e. The topological polar surface area (TPSA) is 142 Å². The lowest BCUT2D eigenvalue weighted by Gasteiger charge is -2.36. The number of hydrogen-bond acceptors (Lipinski definition) is 9. The van der Waals surface area contributed by atoms with Crippen LogP contribution in [0.2, 0.25) is 0 Å². The van der Waals surface area contributed by atoms with Gasteiger partial charge >= 0.3 is 17.9 Å². The Balaban J connectivity index is 2.58. The highest BCUT2D eigenvalue weighted by atomic mass is 16.6. The minimum Gasteiger partial charge on any atom is -0.465 e. The van der Waals surface area contributed by atoms with Crippen molar-refractivity contribution >= 4 is 35.2 Å². The van der Waals surface area contributed by atoms with Crippen LogP contribution in [0.3, 0.4) is 0 Å². The zero-order chi connectivity index (χ0) is 21.8. The molecule has 0 spiro atoms. The van der Waals surface area contributed by atoms with Crippen molar-refractivity contribution in [2.75, 3.05) is 25.2 Å². The van der Waals surface area contributed by atoms with Crippen LogP contribution in [-0.2, 0) is 28.6 Å². The first kappa shape index (κ1) is 21.8. The third-order valence-electron chi connectivity index (χ3n) is 4.45. The summed E-state index contributed by atoms with van der Waals surface area (Å²) in [6.45, 7) is 1.71. The van der Waals surface area contributed by atoms with Crippen molar-refractivity contribution in [1.29, 1.82) is 0 Å². The highest BCUT2D eigenvalue weighted by molar-refractivity contribution is 6.01. The number of carbonyl (C=O) groups excluding carboxylic acids is 4. The van der Waals surface area contributed by atoms with Gasteiger partial charge in [-0.15, -0.1) is 0 Å². The molecule has 1 heterocycles. The normalized spacial score (nSPS) is 15.0. The number of ether oxygens (including phenoxy) is 3.